The molecule has 106 valence electrons. The van der Waals surface area contributed by atoms with Gasteiger partial charge in [0.05, 0.1) is 4.90 Å². The van der Waals surface area contributed by atoms with Gasteiger partial charge in [0.25, 0.3) is 10.3 Å². The van der Waals surface area contributed by atoms with Crippen molar-refractivity contribution >= 4 is 24.6 Å². The lowest BCUT2D eigenvalue weighted by atomic mass is 10.4. The summed E-state index contributed by atoms with van der Waals surface area (Å²) in [6, 6.07) is 18.5. The van der Waals surface area contributed by atoms with Crippen molar-refractivity contribution in [3.63, 3.8) is 0 Å². The molecule has 0 saturated carbocycles. The molecule has 0 amide bonds. The van der Waals surface area contributed by atoms with Gasteiger partial charge in [-0.1, -0.05) is 54.6 Å². The first kappa shape index (κ1) is 16.1. The van der Waals surface area contributed by atoms with Crippen LogP contribution in [0.4, 0.5) is 4.39 Å². The van der Waals surface area contributed by atoms with Gasteiger partial charge in [0.15, 0.2) is 0 Å². The Hall–Kier alpha value is -1.99. The third kappa shape index (κ3) is 4.60. The Morgan fingerprint density at radius 2 is 1.15 bits per heavy atom. The van der Waals surface area contributed by atoms with Crippen LogP contribution >= 0.6 is 0 Å². The maximum atomic E-state index is 12.7. The SMILES string of the molecule is O=S(=O)=C(F)S(=O)(=O)c1ccccc1.c1ccccc1. The quantitative estimate of drug-likeness (QED) is 0.597. The highest BCUT2D eigenvalue weighted by Gasteiger charge is 2.23. The third-order valence-corrected chi connectivity index (χ3v) is 4.71. The Balaban J connectivity index is 0.000000276. The molecule has 2 rings (SSSR count). The molecule has 0 saturated heterocycles. The summed E-state index contributed by atoms with van der Waals surface area (Å²) in [5.41, 5.74) is 0. The van der Waals surface area contributed by atoms with Crippen molar-refractivity contribution in [3.8, 4) is 0 Å². The smallest absolute Gasteiger partial charge is 0.215 e. The highest BCUT2D eigenvalue weighted by Crippen LogP contribution is 2.11. The maximum Gasteiger partial charge on any atom is 0.337 e. The molecule has 0 bridgehead atoms. The minimum Gasteiger partial charge on any atom is -0.215 e. The summed E-state index contributed by atoms with van der Waals surface area (Å²) in [4.78, 5) is -0.387. The van der Waals surface area contributed by atoms with Crippen LogP contribution in [0.25, 0.3) is 0 Å². The molecule has 7 heteroatoms. The van der Waals surface area contributed by atoms with Crippen LogP contribution in [0.15, 0.2) is 71.6 Å². The van der Waals surface area contributed by atoms with Crippen LogP contribution < -0.4 is 0 Å². The van der Waals surface area contributed by atoms with E-state index >= 15 is 0 Å². The summed E-state index contributed by atoms with van der Waals surface area (Å²) in [5, 5.41) is 0. The molecule has 0 aliphatic rings. The summed E-state index contributed by atoms with van der Waals surface area (Å²) in [6.07, 6.45) is 0. The molecule has 0 unspecified atom stereocenters. The average molecular weight is 314 g/mol. The van der Waals surface area contributed by atoms with E-state index in [2.05, 4.69) is 0 Å². The molecule has 4 nitrogen and oxygen atoms in total. The number of hydrogen-bond donors (Lipinski definition) is 0. The van der Waals surface area contributed by atoms with Crippen molar-refractivity contribution in [1.29, 1.82) is 0 Å². The molecule has 0 aliphatic carbocycles. The summed E-state index contributed by atoms with van der Waals surface area (Å²) in [6.45, 7) is 0. The van der Waals surface area contributed by atoms with E-state index in [0.717, 1.165) is 12.1 Å². The van der Waals surface area contributed by atoms with Crippen molar-refractivity contribution in [1.82, 2.24) is 0 Å². The van der Waals surface area contributed by atoms with Crippen LogP contribution in [0.2, 0.25) is 0 Å². The van der Waals surface area contributed by atoms with E-state index in [0.29, 0.717) is 0 Å². The van der Waals surface area contributed by atoms with Gasteiger partial charge in [-0.15, -0.1) is 0 Å². The first-order valence-corrected chi connectivity index (χ1v) is 7.94. The normalized spacial score (nSPS) is 10.1. The first-order chi connectivity index (χ1) is 9.46. The fraction of sp³-hybridized carbons (Fsp3) is 0. The summed E-state index contributed by atoms with van der Waals surface area (Å²) in [5.74, 6) is 0. The van der Waals surface area contributed by atoms with E-state index in [4.69, 9.17) is 0 Å². The minimum absolute atomic E-state index is 0.387. The lowest BCUT2D eigenvalue weighted by Gasteiger charge is -1.96. The van der Waals surface area contributed by atoms with E-state index in [1.54, 1.807) is 0 Å². The predicted molar refractivity (Wildman–Crippen MR) is 75.1 cm³/mol. The number of hydrogen-bond acceptors (Lipinski definition) is 4. The molecule has 0 aromatic heterocycles. The Morgan fingerprint density at radius 3 is 1.50 bits per heavy atom. The topological polar surface area (TPSA) is 68.3 Å². The molecule has 0 atom stereocenters. The van der Waals surface area contributed by atoms with Crippen molar-refractivity contribution < 1.29 is 21.2 Å². The van der Waals surface area contributed by atoms with Crippen molar-refractivity contribution in [3.05, 3.63) is 66.7 Å². The molecule has 0 radical (unpaired) electrons. The van der Waals surface area contributed by atoms with E-state index in [1.165, 1.54) is 18.2 Å². The second kappa shape index (κ2) is 7.56. The Morgan fingerprint density at radius 1 is 0.800 bits per heavy atom. The number of halogens is 1. The summed E-state index contributed by atoms with van der Waals surface area (Å²) >= 11 is 0. The van der Waals surface area contributed by atoms with Gasteiger partial charge in [-0.2, -0.15) is 12.8 Å². The highest BCUT2D eigenvalue weighted by atomic mass is 32.2. The zero-order valence-electron chi connectivity index (χ0n) is 10.2. The van der Waals surface area contributed by atoms with Gasteiger partial charge >= 0.3 is 4.45 Å². The monoisotopic (exact) mass is 314 g/mol. The molecule has 0 fully saturated rings. The fourth-order valence-corrected chi connectivity index (χ4v) is 2.87. The molecular formula is C13H11FO4S2. The van der Waals surface area contributed by atoms with Gasteiger partial charge in [-0.3, -0.25) is 0 Å². The highest BCUT2D eigenvalue weighted by molar-refractivity contribution is 8.15. The van der Waals surface area contributed by atoms with Gasteiger partial charge in [0.1, 0.15) is 0 Å². The van der Waals surface area contributed by atoms with Gasteiger partial charge in [0.2, 0.25) is 9.84 Å². The molecule has 0 heterocycles. The van der Waals surface area contributed by atoms with E-state index in [9.17, 15) is 21.2 Å². The molecule has 2 aromatic rings. The second-order valence-electron chi connectivity index (χ2n) is 3.44. The van der Waals surface area contributed by atoms with Crippen LogP contribution in [0.5, 0.6) is 0 Å². The van der Waals surface area contributed by atoms with Gasteiger partial charge < -0.3 is 0 Å². The lowest BCUT2D eigenvalue weighted by molar-refractivity contribution is 0.601. The zero-order valence-corrected chi connectivity index (χ0v) is 11.8. The zero-order chi connectivity index (χ0) is 15.0. The lowest BCUT2D eigenvalue weighted by Crippen LogP contribution is -2.10. The second-order valence-corrected chi connectivity index (χ2v) is 6.37. The van der Waals surface area contributed by atoms with Crippen LogP contribution in [0.3, 0.4) is 0 Å². The Labute approximate surface area is 118 Å². The standard InChI is InChI=1S/C7H5FO4S2.C6H6/c8-7(13(9)10)14(11,12)6-4-2-1-3-5-6;1-2-4-6-5-3-1/h1-5H;1-6H. The Bertz CT molecular complexity index is 733. The summed E-state index contributed by atoms with van der Waals surface area (Å²) in [7, 11) is -7.87. The van der Waals surface area contributed by atoms with Crippen LogP contribution in [0, 0.1) is 0 Å². The molecule has 0 N–H and O–H groups in total. The number of benzene rings is 2. The number of rotatable bonds is 1. The van der Waals surface area contributed by atoms with Crippen molar-refractivity contribution in [2.24, 2.45) is 0 Å². The molecule has 2 aromatic carbocycles. The first-order valence-electron chi connectivity index (χ1n) is 5.38. The number of sulfone groups is 1. The van der Waals surface area contributed by atoms with E-state index < -0.39 is 24.6 Å². The van der Waals surface area contributed by atoms with Crippen molar-refractivity contribution in [2.45, 2.75) is 4.90 Å². The fourth-order valence-electron chi connectivity index (χ4n) is 1.17. The van der Waals surface area contributed by atoms with E-state index in [1.807, 2.05) is 36.4 Å². The molecular weight excluding hydrogens is 303 g/mol. The van der Waals surface area contributed by atoms with Gasteiger partial charge in [-0.05, 0) is 12.1 Å². The molecule has 0 aliphatic heterocycles. The third-order valence-electron chi connectivity index (χ3n) is 2.06. The van der Waals surface area contributed by atoms with Crippen LogP contribution in [-0.2, 0) is 20.1 Å². The minimum atomic E-state index is -4.50. The Kier molecular flexibility index (Phi) is 6.08. The van der Waals surface area contributed by atoms with Gasteiger partial charge in [0, 0.05) is 0 Å². The maximum absolute atomic E-state index is 12.7. The van der Waals surface area contributed by atoms with Crippen LogP contribution in [-0.4, -0.2) is 21.3 Å². The average Bonchev–Trinajstić information content (AvgIpc) is 2.49. The summed E-state index contributed by atoms with van der Waals surface area (Å²) < 4.78 is 53.2. The van der Waals surface area contributed by atoms with Crippen molar-refractivity contribution in [2.75, 3.05) is 0 Å². The van der Waals surface area contributed by atoms with Crippen LogP contribution in [0.1, 0.15) is 0 Å². The predicted octanol–water partition coefficient (Wildman–Crippen LogP) is 2.08. The molecule has 0 spiro atoms. The molecule has 20 heavy (non-hydrogen) atoms. The largest absolute Gasteiger partial charge is 0.337 e. The van der Waals surface area contributed by atoms with E-state index in [-0.39, 0.29) is 4.90 Å². The van der Waals surface area contributed by atoms with Gasteiger partial charge in [-0.25, -0.2) is 8.42 Å².